The molecule has 1 N–H and O–H groups in total. The fourth-order valence-corrected chi connectivity index (χ4v) is 4.25. The van der Waals surface area contributed by atoms with E-state index in [4.69, 9.17) is 0 Å². The molecule has 1 saturated carbocycles. The van der Waals surface area contributed by atoms with Crippen LogP contribution in [0.5, 0.6) is 0 Å². The van der Waals surface area contributed by atoms with Gasteiger partial charge in [0.2, 0.25) is 0 Å². The van der Waals surface area contributed by atoms with E-state index in [0.29, 0.717) is 11.7 Å². The Bertz CT molecular complexity index is 765. The molecular weight excluding hydrogens is 348 g/mol. The van der Waals surface area contributed by atoms with Crippen molar-refractivity contribution in [1.29, 1.82) is 0 Å². The first-order chi connectivity index (χ1) is 13.8. The highest BCUT2D eigenvalue weighted by atomic mass is 16.1. The third kappa shape index (κ3) is 4.90. The summed E-state index contributed by atoms with van der Waals surface area (Å²) in [4.78, 5) is 21.8. The van der Waals surface area contributed by atoms with E-state index in [1.165, 1.54) is 24.8 Å². The van der Waals surface area contributed by atoms with E-state index in [1.807, 2.05) is 12.1 Å². The van der Waals surface area contributed by atoms with Crippen LogP contribution in [-0.4, -0.2) is 48.0 Å². The SMILES string of the molecule is O=C(NC1CCCCC1)c1cc(N2CCN(Cc3ccccc3)CC2)ccn1. The van der Waals surface area contributed by atoms with Crippen LogP contribution in [0.3, 0.4) is 0 Å². The van der Waals surface area contributed by atoms with Gasteiger partial charge in [-0.3, -0.25) is 14.7 Å². The Morgan fingerprint density at radius 2 is 1.75 bits per heavy atom. The third-order valence-electron chi connectivity index (χ3n) is 5.90. The Morgan fingerprint density at radius 1 is 1.00 bits per heavy atom. The average Bonchev–Trinajstić information content (AvgIpc) is 2.76. The lowest BCUT2D eigenvalue weighted by Crippen LogP contribution is -2.46. The molecule has 0 spiro atoms. The molecule has 0 atom stereocenters. The van der Waals surface area contributed by atoms with E-state index in [-0.39, 0.29) is 5.91 Å². The monoisotopic (exact) mass is 378 g/mol. The predicted molar refractivity (Wildman–Crippen MR) is 113 cm³/mol. The molecule has 0 unspecified atom stereocenters. The number of piperazine rings is 1. The Hall–Kier alpha value is -2.40. The zero-order chi connectivity index (χ0) is 19.2. The normalized spacial score (nSPS) is 18.8. The van der Waals surface area contributed by atoms with Gasteiger partial charge in [0.05, 0.1) is 0 Å². The largest absolute Gasteiger partial charge is 0.369 e. The van der Waals surface area contributed by atoms with Crippen molar-refractivity contribution in [3.05, 3.63) is 59.9 Å². The molecule has 1 aliphatic heterocycles. The molecule has 5 nitrogen and oxygen atoms in total. The standard InChI is InChI=1S/C23H30N4O/c28-23(25-20-9-5-2-6-10-20)22-17-21(11-12-24-22)27-15-13-26(14-16-27)18-19-7-3-1-4-8-19/h1,3-4,7-8,11-12,17,20H,2,5-6,9-10,13-16,18H2,(H,25,28). The van der Waals surface area contributed by atoms with Crippen molar-refractivity contribution in [2.45, 2.75) is 44.7 Å². The van der Waals surface area contributed by atoms with Crippen LogP contribution in [0, 0.1) is 0 Å². The summed E-state index contributed by atoms with van der Waals surface area (Å²) in [5.74, 6) is -0.0311. The van der Waals surface area contributed by atoms with Crippen molar-refractivity contribution >= 4 is 11.6 Å². The van der Waals surface area contributed by atoms with E-state index >= 15 is 0 Å². The maximum absolute atomic E-state index is 12.6. The molecule has 1 amide bonds. The maximum atomic E-state index is 12.6. The third-order valence-corrected chi connectivity index (χ3v) is 5.90. The van der Waals surface area contributed by atoms with E-state index < -0.39 is 0 Å². The van der Waals surface area contributed by atoms with Gasteiger partial charge in [-0.25, -0.2) is 0 Å². The van der Waals surface area contributed by atoms with Gasteiger partial charge in [0, 0.05) is 50.6 Å². The van der Waals surface area contributed by atoms with Gasteiger partial charge in [-0.05, 0) is 30.5 Å². The number of hydrogen-bond acceptors (Lipinski definition) is 4. The van der Waals surface area contributed by atoms with Crippen LogP contribution in [-0.2, 0) is 6.54 Å². The van der Waals surface area contributed by atoms with Gasteiger partial charge >= 0.3 is 0 Å². The summed E-state index contributed by atoms with van der Waals surface area (Å²) in [5, 5.41) is 3.17. The average molecular weight is 379 g/mol. The van der Waals surface area contributed by atoms with Crippen LogP contribution < -0.4 is 10.2 Å². The van der Waals surface area contributed by atoms with E-state index in [9.17, 15) is 4.79 Å². The van der Waals surface area contributed by atoms with E-state index in [2.05, 4.69) is 50.4 Å². The number of aromatic nitrogens is 1. The van der Waals surface area contributed by atoms with E-state index in [0.717, 1.165) is 51.3 Å². The van der Waals surface area contributed by atoms with Gasteiger partial charge in [0.25, 0.3) is 5.91 Å². The van der Waals surface area contributed by atoms with Gasteiger partial charge in [-0.15, -0.1) is 0 Å². The van der Waals surface area contributed by atoms with Crippen LogP contribution in [0.15, 0.2) is 48.7 Å². The van der Waals surface area contributed by atoms with E-state index in [1.54, 1.807) is 6.20 Å². The molecule has 2 aliphatic rings. The van der Waals surface area contributed by atoms with Crippen LogP contribution in [0.4, 0.5) is 5.69 Å². The van der Waals surface area contributed by atoms with Gasteiger partial charge in [-0.2, -0.15) is 0 Å². The molecule has 0 radical (unpaired) electrons. The molecule has 28 heavy (non-hydrogen) atoms. The number of carbonyl (C=O) groups is 1. The number of benzene rings is 1. The number of nitrogens with zero attached hydrogens (tertiary/aromatic N) is 3. The zero-order valence-electron chi connectivity index (χ0n) is 16.5. The lowest BCUT2D eigenvalue weighted by molar-refractivity contribution is 0.0922. The summed E-state index contributed by atoms with van der Waals surface area (Å²) < 4.78 is 0. The molecule has 1 aromatic carbocycles. The maximum Gasteiger partial charge on any atom is 0.270 e. The minimum absolute atomic E-state index is 0.0311. The fraction of sp³-hybridized carbons (Fsp3) is 0.478. The first-order valence-corrected chi connectivity index (χ1v) is 10.6. The van der Waals surface area contributed by atoms with Crippen molar-refractivity contribution in [3.63, 3.8) is 0 Å². The summed E-state index contributed by atoms with van der Waals surface area (Å²) in [6, 6.07) is 14.9. The second-order valence-corrected chi connectivity index (χ2v) is 7.96. The van der Waals surface area contributed by atoms with Crippen LogP contribution in [0.2, 0.25) is 0 Å². The highest BCUT2D eigenvalue weighted by Crippen LogP contribution is 2.20. The fourth-order valence-electron chi connectivity index (χ4n) is 4.25. The second kappa shape index (κ2) is 9.20. The summed E-state index contributed by atoms with van der Waals surface area (Å²) in [5.41, 5.74) is 3.00. The Kier molecular flexibility index (Phi) is 6.22. The molecule has 4 rings (SSSR count). The first kappa shape index (κ1) is 18.9. The van der Waals surface area contributed by atoms with Gasteiger partial charge < -0.3 is 10.2 Å². The summed E-state index contributed by atoms with van der Waals surface area (Å²) >= 11 is 0. The van der Waals surface area contributed by atoms with Crippen molar-refractivity contribution in [1.82, 2.24) is 15.2 Å². The van der Waals surface area contributed by atoms with Crippen molar-refractivity contribution in [3.8, 4) is 0 Å². The number of anilines is 1. The highest BCUT2D eigenvalue weighted by Gasteiger charge is 2.20. The molecule has 148 valence electrons. The van der Waals surface area contributed by atoms with Crippen LogP contribution >= 0.6 is 0 Å². The van der Waals surface area contributed by atoms with Crippen molar-refractivity contribution in [2.24, 2.45) is 0 Å². The summed E-state index contributed by atoms with van der Waals surface area (Å²) in [6.07, 6.45) is 7.67. The summed E-state index contributed by atoms with van der Waals surface area (Å²) in [6.45, 7) is 5.00. The predicted octanol–water partition coefficient (Wildman–Crippen LogP) is 3.47. The van der Waals surface area contributed by atoms with Crippen molar-refractivity contribution in [2.75, 3.05) is 31.1 Å². The lowest BCUT2D eigenvalue weighted by Gasteiger charge is -2.36. The zero-order valence-corrected chi connectivity index (χ0v) is 16.5. The molecule has 2 heterocycles. The lowest BCUT2D eigenvalue weighted by atomic mass is 9.95. The van der Waals surface area contributed by atoms with Crippen LogP contribution in [0.25, 0.3) is 0 Å². The minimum Gasteiger partial charge on any atom is -0.369 e. The minimum atomic E-state index is -0.0311. The van der Waals surface area contributed by atoms with Crippen LogP contribution in [0.1, 0.15) is 48.2 Å². The first-order valence-electron chi connectivity index (χ1n) is 10.6. The molecular formula is C23H30N4O. The second-order valence-electron chi connectivity index (χ2n) is 7.96. The summed E-state index contributed by atoms with van der Waals surface area (Å²) in [7, 11) is 0. The Morgan fingerprint density at radius 3 is 2.50 bits per heavy atom. The molecule has 1 saturated heterocycles. The Labute approximate surface area is 167 Å². The molecule has 2 aromatic rings. The number of hydrogen-bond donors (Lipinski definition) is 1. The number of pyridine rings is 1. The van der Waals surface area contributed by atoms with Gasteiger partial charge in [0.1, 0.15) is 5.69 Å². The van der Waals surface area contributed by atoms with Gasteiger partial charge in [0.15, 0.2) is 0 Å². The molecule has 2 fully saturated rings. The quantitative estimate of drug-likeness (QED) is 0.866. The van der Waals surface area contributed by atoms with Gasteiger partial charge in [-0.1, -0.05) is 49.6 Å². The highest BCUT2D eigenvalue weighted by molar-refractivity contribution is 5.93. The topological polar surface area (TPSA) is 48.5 Å². The van der Waals surface area contributed by atoms with Crippen molar-refractivity contribution < 1.29 is 4.79 Å². The molecule has 1 aromatic heterocycles. The number of nitrogens with one attached hydrogen (secondary N) is 1. The number of carbonyl (C=O) groups excluding carboxylic acids is 1. The molecule has 5 heteroatoms. The number of rotatable bonds is 5. The molecule has 0 bridgehead atoms. The molecule has 1 aliphatic carbocycles. The Balaban J connectivity index is 1.32. The number of amides is 1. The smallest absolute Gasteiger partial charge is 0.270 e.